The van der Waals surface area contributed by atoms with Gasteiger partial charge in [-0.1, -0.05) is 11.6 Å². The van der Waals surface area contributed by atoms with E-state index in [1.807, 2.05) is 0 Å². The molecule has 0 unspecified atom stereocenters. The Balaban J connectivity index is 1.62. The maximum Gasteiger partial charge on any atom is 0.573 e. The third kappa shape index (κ3) is 4.59. The molecule has 1 fully saturated rings. The van der Waals surface area contributed by atoms with Gasteiger partial charge in [0.15, 0.2) is 5.65 Å². The number of aromatic nitrogens is 3. The first-order valence-corrected chi connectivity index (χ1v) is 10.2. The molecule has 0 radical (unpaired) electrons. The van der Waals surface area contributed by atoms with E-state index in [4.69, 9.17) is 16.3 Å². The number of hydrogen-bond acceptors (Lipinski definition) is 5. The van der Waals surface area contributed by atoms with Gasteiger partial charge in [-0.25, -0.2) is 14.5 Å². The number of halogens is 4. The van der Waals surface area contributed by atoms with Crippen molar-refractivity contribution in [3.8, 4) is 11.4 Å². The molecule has 4 rings (SSSR count). The molecule has 1 aromatic carbocycles. The summed E-state index contributed by atoms with van der Waals surface area (Å²) in [5.74, 6) is -0.420. The smallest absolute Gasteiger partial charge is 0.444 e. The van der Waals surface area contributed by atoms with Gasteiger partial charge in [0, 0.05) is 25.2 Å². The average Bonchev–Trinajstić information content (AvgIpc) is 2.99. The summed E-state index contributed by atoms with van der Waals surface area (Å²) in [6, 6.07) is 6.95. The molecule has 7 nitrogen and oxygen atoms in total. The predicted molar refractivity (Wildman–Crippen MR) is 111 cm³/mol. The molecule has 11 heteroatoms. The van der Waals surface area contributed by atoms with Crippen LogP contribution in [-0.2, 0) is 4.74 Å². The molecule has 1 saturated heterocycles. The predicted octanol–water partition coefficient (Wildman–Crippen LogP) is 5.31. The van der Waals surface area contributed by atoms with Crippen molar-refractivity contribution in [2.24, 2.45) is 0 Å². The summed E-state index contributed by atoms with van der Waals surface area (Å²) in [5, 5.41) is 5.73. The van der Waals surface area contributed by atoms with Crippen molar-refractivity contribution in [3.05, 3.63) is 47.2 Å². The molecule has 0 N–H and O–H groups in total. The Morgan fingerprint density at radius 3 is 2.38 bits per heavy atom. The minimum Gasteiger partial charge on any atom is -0.444 e. The highest BCUT2D eigenvalue weighted by atomic mass is 35.5. The van der Waals surface area contributed by atoms with Crippen molar-refractivity contribution in [2.75, 3.05) is 13.1 Å². The fraction of sp³-hybridized carbons (Fsp3) is 0.381. The Labute approximate surface area is 186 Å². The van der Waals surface area contributed by atoms with E-state index in [0.29, 0.717) is 40.5 Å². The number of likely N-dealkylation sites (tertiary alicyclic amines) is 1. The van der Waals surface area contributed by atoms with Gasteiger partial charge in [0.2, 0.25) is 0 Å². The van der Waals surface area contributed by atoms with E-state index in [1.54, 1.807) is 31.7 Å². The van der Waals surface area contributed by atoms with Crippen LogP contribution in [0.15, 0.2) is 36.5 Å². The number of rotatable bonds is 3. The maximum absolute atomic E-state index is 12.4. The number of benzene rings is 1. The summed E-state index contributed by atoms with van der Waals surface area (Å²) in [6.45, 7) is 6.21. The first-order chi connectivity index (χ1) is 14.9. The van der Waals surface area contributed by atoms with Crippen LogP contribution in [0.2, 0.25) is 5.02 Å². The van der Waals surface area contributed by atoms with E-state index in [1.165, 1.54) is 35.1 Å². The van der Waals surface area contributed by atoms with Gasteiger partial charge in [-0.2, -0.15) is 5.10 Å². The number of carbonyl (C=O) groups excluding carboxylic acids is 1. The van der Waals surface area contributed by atoms with Crippen LogP contribution in [0.3, 0.4) is 0 Å². The highest BCUT2D eigenvalue weighted by Gasteiger charge is 2.38. The second-order valence-corrected chi connectivity index (χ2v) is 8.82. The molecule has 0 aliphatic carbocycles. The lowest BCUT2D eigenvalue weighted by atomic mass is 9.95. The van der Waals surface area contributed by atoms with Gasteiger partial charge in [-0.15, -0.1) is 13.2 Å². The standard InChI is InChI=1S/C21H20ClF3N4O3/c1-20(2,3)32-19(30)28-10-12(11-28)17-16-15(22)8-9-26-18(16)29(27-17)13-4-6-14(7-5-13)31-21(23,24)25/h4-9,12H,10-11H2,1-3H3. The summed E-state index contributed by atoms with van der Waals surface area (Å²) < 4.78 is 48.1. The minimum atomic E-state index is -4.77. The lowest BCUT2D eigenvalue weighted by Gasteiger charge is -2.39. The molecule has 0 saturated carbocycles. The van der Waals surface area contributed by atoms with Gasteiger partial charge in [-0.3, -0.25) is 0 Å². The number of carbonyl (C=O) groups is 1. The molecule has 2 aromatic heterocycles. The highest BCUT2D eigenvalue weighted by molar-refractivity contribution is 6.35. The zero-order chi connectivity index (χ0) is 23.3. The first kappa shape index (κ1) is 22.2. The summed E-state index contributed by atoms with van der Waals surface area (Å²) in [6.07, 6.45) is -3.64. The largest absolute Gasteiger partial charge is 0.573 e. The molecule has 1 aliphatic heterocycles. The Bertz CT molecular complexity index is 1150. The number of nitrogens with zero attached hydrogens (tertiary/aromatic N) is 4. The van der Waals surface area contributed by atoms with Gasteiger partial charge >= 0.3 is 12.5 Å². The normalized spacial score (nSPS) is 15.0. The molecule has 170 valence electrons. The molecule has 0 spiro atoms. The number of fused-ring (bicyclic) bond motifs is 1. The van der Waals surface area contributed by atoms with E-state index in [2.05, 4.69) is 14.8 Å². The van der Waals surface area contributed by atoms with Gasteiger partial charge < -0.3 is 14.4 Å². The third-order valence-electron chi connectivity index (χ3n) is 4.78. The van der Waals surface area contributed by atoms with Crippen LogP contribution in [0.25, 0.3) is 16.7 Å². The molecule has 0 atom stereocenters. The zero-order valence-corrected chi connectivity index (χ0v) is 18.2. The van der Waals surface area contributed by atoms with E-state index < -0.39 is 18.1 Å². The Hall–Kier alpha value is -3.01. The van der Waals surface area contributed by atoms with Crippen molar-refractivity contribution >= 4 is 28.7 Å². The molecule has 3 aromatic rings. The second kappa shape index (κ2) is 7.84. The molecular weight excluding hydrogens is 449 g/mol. The first-order valence-electron chi connectivity index (χ1n) is 9.78. The molecule has 1 aliphatic rings. The molecule has 3 heterocycles. The van der Waals surface area contributed by atoms with Crippen LogP contribution >= 0.6 is 11.6 Å². The number of ether oxygens (including phenoxy) is 2. The van der Waals surface area contributed by atoms with Gasteiger partial charge in [0.1, 0.15) is 11.4 Å². The second-order valence-electron chi connectivity index (χ2n) is 8.41. The van der Waals surface area contributed by atoms with Crippen LogP contribution in [0.1, 0.15) is 32.4 Å². The van der Waals surface area contributed by atoms with Gasteiger partial charge in [-0.05, 0) is 51.1 Å². The van der Waals surface area contributed by atoms with Crippen LogP contribution in [0, 0.1) is 0 Å². The molecule has 0 bridgehead atoms. The third-order valence-corrected chi connectivity index (χ3v) is 5.09. The Morgan fingerprint density at radius 1 is 1.12 bits per heavy atom. The summed E-state index contributed by atoms with van der Waals surface area (Å²) in [4.78, 5) is 18.2. The van der Waals surface area contributed by atoms with Crippen LogP contribution in [0.5, 0.6) is 5.75 Å². The molecule has 32 heavy (non-hydrogen) atoms. The number of amides is 1. The number of hydrogen-bond donors (Lipinski definition) is 0. The van der Waals surface area contributed by atoms with Crippen molar-refractivity contribution in [3.63, 3.8) is 0 Å². The Kier molecular flexibility index (Phi) is 5.44. The number of alkyl halides is 3. The van der Waals surface area contributed by atoms with Crippen molar-refractivity contribution < 1.29 is 27.4 Å². The van der Waals surface area contributed by atoms with E-state index in [-0.39, 0.29) is 11.7 Å². The van der Waals surface area contributed by atoms with Crippen LogP contribution in [0.4, 0.5) is 18.0 Å². The van der Waals surface area contributed by atoms with Crippen molar-refractivity contribution in [2.45, 2.75) is 38.7 Å². The van der Waals surface area contributed by atoms with E-state index in [0.717, 1.165) is 0 Å². The highest BCUT2D eigenvalue weighted by Crippen LogP contribution is 2.36. The van der Waals surface area contributed by atoms with Gasteiger partial charge in [0.25, 0.3) is 0 Å². The minimum absolute atomic E-state index is 0.0826. The van der Waals surface area contributed by atoms with Crippen LogP contribution < -0.4 is 4.74 Å². The molecular formula is C21H20ClF3N4O3. The van der Waals surface area contributed by atoms with Crippen molar-refractivity contribution in [1.29, 1.82) is 0 Å². The Morgan fingerprint density at radius 2 is 1.78 bits per heavy atom. The average molecular weight is 469 g/mol. The van der Waals surface area contributed by atoms with E-state index >= 15 is 0 Å². The monoisotopic (exact) mass is 468 g/mol. The van der Waals surface area contributed by atoms with E-state index in [9.17, 15) is 18.0 Å². The summed E-state index contributed by atoms with van der Waals surface area (Å²) in [5.41, 5.74) is 1.03. The zero-order valence-electron chi connectivity index (χ0n) is 17.5. The summed E-state index contributed by atoms with van der Waals surface area (Å²) in [7, 11) is 0. The summed E-state index contributed by atoms with van der Waals surface area (Å²) >= 11 is 6.43. The van der Waals surface area contributed by atoms with Gasteiger partial charge in [0.05, 0.1) is 21.8 Å². The molecule has 1 amide bonds. The lowest BCUT2D eigenvalue weighted by Crippen LogP contribution is -2.50. The fourth-order valence-corrected chi connectivity index (χ4v) is 3.65. The van der Waals surface area contributed by atoms with Crippen LogP contribution in [-0.4, -0.2) is 50.8 Å². The lowest BCUT2D eigenvalue weighted by molar-refractivity contribution is -0.274. The maximum atomic E-state index is 12.4. The topological polar surface area (TPSA) is 69.5 Å². The fourth-order valence-electron chi connectivity index (χ4n) is 3.41. The van der Waals surface area contributed by atoms with Crippen molar-refractivity contribution in [1.82, 2.24) is 19.7 Å². The SMILES string of the molecule is CC(C)(C)OC(=O)N1CC(c2nn(-c3ccc(OC(F)(F)F)cc3)c3nccc(Cl)c23)C1. The number of pyridine rings is 1. The quantitative estimate of drug-likeness (QED) is 0.521.